The smallest absolute Gasteiger partial charge is 0.328 e. The fraction of sp³-hybridized carbons (Fsp3) is 0.688. The third kappa shape index (κ3) is 9.32. The van der Waals surface area contributed by atoms with E-state index < -0.39 is 67.0 Å². The van der Waals surface area contributed by atoms with E-state index in [1.807, 2.05) is 5.32 Å². The molecule has 0 rings (SSSR count). The van der Waals surface area contributed by atoms with Gasteiger partial charge in [-0.3, -0.25) is 19.2 Å². The first-order chi connectivity index (χ1) is 13.4. The second-order valence-electron chi connectivity index (χ2n) is 6.66. The van der Waals surface area contributed by atoms with E-state index in [0.29, 0.717) is 0 Å². The number of hydrogen-bond acceptors (Lipinski definition) is 8. The van der Waals surface area contributed by atoms with Crippen LogP contribution in [-0.4, -0.2) is 82.3 Å². The van der Waals surface area contributed by atoms with Gasteiger partial charge in [0.2, 0.25) is 23.6 Å². The molecule has 13 nitrogen and oxygen atoms in total. The molecule has 0 aromatic carbocycles. The maximum Gasteiger partial charge on any atom is 0.328 e. The van der Waals surface area contributed by atoms with Crippen LogP contribution < -0.4 is 27.4 Å². The summed E-state index contributed by atoms with van der Waals surface area (Å²) in [6.45, 7) is 1.58. The Morgan fingerprint density at radius 1 is 0.828 bits per heavy atom. The molecule has 0 radical (unpaired) electrons. The van der Waals surface area contributed by atoms with Crippen molar-refractivity contribution in [1.29, 1.82) is 0 Å². The van der Waals surface area contributed by atoms with Gasteiger partial charge in [-0.1, -0.05) is 13.8 Å². The molecule has 0 spiro atoms. The number of carbonyl (C=O) groups is 5. The van der Waals surface area contributed by atoms with E-state index in [2.05, 4.69) is 10.6 Å². The monoisotopic (exact) mass is 419 g/mol. The van der Waals surface area contributed by atoms with E-state index >= 15 is 0 Å². The van der Waals surface area contributed by atoms with Gasteiger partial charge in [-0.2, -0.15) is 0 Å². The zero-order valence-electron chi connectivity index (χ0n) is 16.3. The molecule has 0 aromatic rings. The number of carbonyl (C=O) groups excluding carboxylic acids is 4. The van der Waals surface area contributed by atoms with Crippen molar-refractivity contribution in [3.63, 3.8) is 0 Å². The van der Waals surface area contributed by atoms with Crippen molar-refractivity contribution in [2.45, 2.75) is 50.9 Å². The van der Waals surface area contributed by atoms with Gasteiger partial charge >= 0.3 is 5.97 Å². The van der Waals surface area contributed by atoms with Crippen LogP contribution in [0, 0.1) is 5.92 Å². The second-order valence-corrected chi connectivity index (χ2v) is 6.66. The van der Waals surface area contributed by atoms with Crippen molar-refractivity contribution >= 4 is 29.6 Å². The van der Waals surface area contributed by atoms with Crippen LogP contribution in [0.3, 0.4) is 0 Å². The first-order valence-electron chi connectivity index (χ1n) is 8.84. The van der Waals surface area contributed by atoms with Crippen molar-refractivity contribution in [3.05, 3.63) is 0 Å². The molecule has 0 saturated heterocycles. The first-order valence-corrected chi connectivity index (χ1v) is 8.84. The predicted molar refractivity (Wildman–Crippen MR) is 98.8 cm³/mol. The van der Waals surface area contributed by atoms with Crippen LogP contribution in [0.2, 0.25) is 0 Å². The van der Waals surface area contributed by atoms with Crippen LogP contribution in [0.5, 0.6) is 0 Å². The van der Waals surface area contributed by atoms with Gasteiger partial charge in [-0.25, -0.2) is 4.79 Å². The Hall–Kier alpha value is -2.77. The number of aliphatic hydroxyl groups is 2. The Morgan fingerprint density at radius 3 is 1.69 bits per heavy atom. The normalized spacial score (nSPS) is 15.0. The number of nitrogens with one attached hydrogen (secondary N) is 3. The van der Waals surface area contributed by atoms with E-state index in [1.54, 1.807) is 13.8 Å². The van der Waals surface area contributed by atoms with Crippen molar-refractivity contribution in [1.82, 2.24) is 16.0 Å². The van der Waals surface area contributed by atoms with Crippen molar-refractivity contribution in [2.75, 3.05) is 13.2 Å². The van der Waals surface area contributed by atoms with Gasteiger partial charge < -0.3 is 42.7 Å². The number of primary amides is 1. The van der Waals surface area contributed by atoms with Crippen molar-refractivity contribution < 1.29 is 39.3 Å². The number of nitrogens with two attached hydrogens (primary N) is 2. The minimum Gasteiger partial charge on any atom is -0.480 e. The third-order valence-corrected chi connectivity index (χ3v) is 3.95. The molecular formula is C16H29N5O8. The SMILES string of the molecule is CC(C)C(N)C(=O)NC(CCC(N)=O)C(=O)NC(CO)C(=O)NC(CO)C(=O)O. The predicted octanol–water partition coefficient (Wildman–Crippen LogP) is -4.24. The average Bonchev–Trinajstić information content (AvgIpc) is 2.65. The molecule has 166 valence electrons. The highest BCUT2D eigenvalue weighted by Crippen LogP contribution is 2.03. The third-order valence-electron chi connectivity index (χ3n) is 3.95. The second kappa shape index (κ2) is 12.6. The summed E-state index contributed by atoms with van der Waals surface area (Å²) in [5, 5.41) is 33.6. The number of amides is 4. The lowest BCUT2D eigenvalue weighted by Crippen LogP contribution is -2.58. The zero-order chi connectivity index (χ0) is 22.7. The molecule has 0 aliphatic heterocycles. The molecule has 0 aliphatic carbocycles. The minimum absolute atomic E-state index is 0.189. The largest absolute Gasteiger partial charge is 0.480 e. The average molecular weight is 419 g/mol. The van der Waals surface area contributed by atoms with Crippen LogP contribution in [-0.2, 0) is 24.0 Å². The number of rotatable bonds is 13. The van der Waals surface area contributed by atoms with E-state index in [9.17, 15) is 29.1 Å². The molecule has 0 aromatic heterocycles. The molecule has 0 heterocycles. The Labute approximate surface area is 167 Å². The Kier molecular flexibility index (Phi) is 11.4. The minimum atomic E-state index is -1.64. The van der Waals surface area contributed by atoms with Crippen molar-refractivity contribution in [2.24, 2.45) is 17.4 Å². The van der Waals surface area contributed by atoms with Gasteiger partial charge in [0.05, 0.1) is 19.3 Å². The number of hydrogen-bond donors (Lipinski definition) is 8. The van der Waals surface area contributed by atoms with Crippen LogP contribution >= 0.6 is 0 Å². The van der Waals surface area contributed by atoms with Gasteiger partial charge in [0, 0.05) is 6.42 Å². The molecule has 4 unspecified atom stereocenters. The van der Waals surface area contributed by atoms with E-state index in [1.165, 1.54) is 0 Å². The quantitative estimate of drug-likeness (QED) is 0.144. The fourth-order valence-electron chi connectivity index (χ4n) is 2.05. The summed E-state index contributed by atoms with van der Waals surface area (Å²) in [6, 6.07) is -5.42. The standard InChI is InChI=1S/C16H29N5O8/c1-7(2)12(18)15(27)19-8(3-4-11(17)24)13(25)20-9(5-22)14(26)21-10(6-23)16(28)29/h7-10,12,22-23H,3-6,18H2,1-2H3,(H2,17,24)(H,19,27)(H,20,25)(H,21,26)(H,28,29). The number of aliphatic carboxylic acids is 1. The first kappa shape index (κ1) is 26.2. The highest BCUT2D eigenvalue weighted by atomic mass is 16.4. The molecule has 0 bridgehead atoms. The molecule has 4 amide bonds. The summed E-state index contributed by atoms with van der Waals surface area (Å²) < 4.78 is 0. The van der Waals surface area contributed by atoms with Gasteiger partial charge in [0.15, 0.2) is 0 Å². The van der Waals surface area contributed by atoms with Crippen LogP contribution in [0.15, 0.2) is 0 Å². The lowest BCUT2D eigenvalue weighted by Gasteiger charge is -2.24. The molecule has 4 atom stereocenters. The van der Waals surface area contributed by atoms with Crippen LogP contribution in [0.1, 0.15) is 26.7 Å². The summed E-state index contributed by atoms with van der Waals surface area (Å²) in [4.78, 5) is 58.6. The summed E-state index contributed by atoms with van der Waals surface area (Å²) in [5.41, 5.74) is 10.8. The molecular weight excluding hydrogens is 390 g/mol. The van der Waals surface area contributed by atoms with E-state index in [4.69, 9.17) is 21.7 Å². The summed E-state index contributed by atoms with van der Waals surface area (Å²) >= 11 is 0. The summed E-state index contributed by atoms with van der Waals surface area (Å²) in [6.07, 6.45) is -0.442. The Bertz CT molecular complexity index is 612. The van der Waals surface area contributed by atoms with Gasteiger partial charge in [0.25, 0.3) is 0 Å². The molecule has 13 heteroatoms. The van der Waals surface area contributed by atoms with E-state index in [-0.39, 0.29) is 18.8 Å². The topological polar surface area (TPSA) is 234 Å². The van der Waals surface area contributed by atoms with Gasteiger partial charge in [-0.05, 0) is 12.3 Å². The van der Waals surface area contributed by atoms with Gasteiger partial charge in [-0.15, -0.1) is 0 Å². The molecule has 10 N–H and O–H groups in total. The summed E-state index contributed by atoms with van der Waals surface area (Å²) in [5.74, 6) is -5.13. The number of carboxylic acid groups (broad SMARTS) is 1. The number of aliphatic hydroxyl groups excluding tert-OH is 2. The number of carboxylic acids is 1. The van der Waals surface area contributed by atoms with Crippen molar-refractivity contribution in [3.8, 4) is 0 Å². The van der Waals surface area contributed by atoms with Gasteiger partial charge in [0.1, 0.15) is 18.1 Å². The van der Waals surface area contributed by atoms with E-state index in [0.717, 1.165) is 0 Å². The maximum atomic E-state index is 12.5. The Morgan fingerprint density at radius 2 is 1.28 bits per heavy atom. The van der Waals surface area contributed by atoms with Crippen LogP contribution in [0.4, 0.5) is 0 Å². The molecule has 0 saturated carbocycles. The maximum absolute atomic E-state index is 12.5. The zero-order valence-corrected chi connectivity index (χ0v) is 16.3. The molecule has 0 aliphatic rings. The molecule has 0 fully saturated rings. The molecule has 29 heavy (non-hydrogen) atoms. The lowest BCUT2D eigenvalue weighted by atomic mass is 10.0. The lowest BCUT2D eigenvalue weighted by molar-refractivity contribution is -0.143. The highest BCUT2D eigenvalue weighted by molar-refractivity contribution is 5.94. The Balaban J connectivity index is 5.23. The van der Waals surface area contributed by atoms with Crippen LogP contribution in [0.25, 0.3) is 0 Å². The highest BCUT2D eigenvalue weighted by Gasteiger charge is 2.30. The summed E-state index contributed by atoms with van der Waals surface area (Å²) in [7, 11) is 0. The fourth-order valence-corrected chi connectivity index (χ4v) is 2.05.